The zero-order valence-corrected chi connectivity index (χ0v) is 9.19. The fourth-order valence-corrected chi connectivity index (χ4v) is 1.41. The van der Waals surface area contributed by atoms with Crippen molar-refractivity contribution in [3.05, 3.63) is 41.9 Å². The van der Waals surface area contributed by atoms with E-state index in [4.69, 9.17) is 4.52 Å². The van der Waals surface area contributed by atoms with E-state index in [1.54, 1.807) is 18.2 Å². The monoisotopic (exact) mass is 218 g/mol. The van der Waals surface area contributed by atoms with Crippen molar-refractivity contribution in [2.24, 2.45) is 0 Å². The number of amides is 1. The molecule has 1 aromatic heterocycles. The Kier molecular flexibility index (Phi) is 2.90. The molecule has 0 atom stereocenters. The minimum Gasteiger partial charge on any atom is -0.360 e. The lowest BCUT2D eigenvalue weighted by molar-refractivity contribution is 0.0958. The Morgan fingerprint density at radius 3 is 3.06 bits per heavy atom. The zero-order chi connectivity index (χ0) is 11.5. The summed E-state index contributed by atoms with van der Waals surface area (Å²) in [7, 11) is 0. The topological polar surface area (TPSA) is 55.1 Å². The van der Waals surface area contributed by atoms with Gasteiger partial charge in [0.15, 0.2) is 5.69 Å². The number of nitrogens with zero attached hydrogens (tertiary/aromatic N) is 1. The highest BCUT2D eigenvalue weighted by atomic mass is 16.5. The molecule has 16 heavy (non-hydrogen) atoms. The van der Waals surface area contributed by atoms with Gasteiger partial charge in [-0.05, 0) is 25.8 Å². The Morgan fingerprint density at radius 2 is 2.44 bits per heavy atom. The lowest BCUT2D eigenvalue weighted by Crippen LogP contribution is -2.21. The fourth-order valence-electron chi connectivity index (χ4n) is 1.41. The number of carbonyl (C=O) groups excluding carboxylic acids is 1. The van der Waals surface area contributed by atoms with Crippen molar-refractivity contribution in [1.82, 2.24) is 10.5 Å². The van der Waals surface area contributed by atoms with Crippen LogP contribution in [-0.2, 0) is 0 Å². The van der Waals surface area contributed by atoms with Gasteiger partial charge in [0.2, 0.25) is 0 Å². The molecule has 0 aromatic carbocycles. The smallest absolute Gasteiger partial charge is 0.277 e. The molecule has 0 radical (unpaired) electrons. The van der Waals surface area contributed by atoms with Gasteiger partial charge in [-0.25, -0.2) is 0 Å². The number of aromatic nitrogens is 1. The lowest BCUT2D eigenvalue weighted by Gasteiger charge is -1.99. The molecule has 1 aromatic rings. The van der Waals surface area contributed by atoms with Gasteiger partial charge in [0.1, 0.15) is 5.76 Å². The maximum atomic E-state index is 11.7. The van der Waals surface area contributed by atoms with Gasteiger partial charge in [0.25, 0.3) is 5.91 Å². The van der Waals surface area contributed by atoms with Crippen molar-refractivity contribution in [1.29, 1.82) is 0 Å². The SMILES string of the molecule is C=C(C=CC)NC(=O)c1cc(C2CC2)on1. The van der Waals surface area contributed by atoms with Gasteiger partial charge in [-0.3, -0.25) is 4.79 Å². The van der Waals surface area contributed by atoms with Crippen molar-refractivity contribution in [2.75, 3.05) is 0 Å². The van der Waals surface area contributed by atoms with E-state index in [0.29, 0.717) is 17.3 Å². The molecule has 1 heterocycles. The molecule has 1 saturated carbocycles. The molecular weight excluding hydrogens is 204 g/mol. The van der Waals surface area contributed by atoms with Crippen LogP contribution in [0, 0.1) is 0 Å². The minimum absolute atomic E-state index is 0.279. The van der Waals surface area contributed by atoms with Gasteiger partial charge in [0, 0.05) is 17.7 Å². The second-order valence-electron chi connectivity index (χ2n) is 3.87. The molecule has 0 saturated heterocycles. The van der Waals surface area contributed by atoms with Crippen LogP contribution >= 0.6 is 0 Å². The average molecular weight is 218 g/mol. The van der Waals surface area contributed by atoms with E-state index < -0.39 is 0 Å². The molecule has 1 fully saturated rings. The van der Waals surface area contributed by atoms with Crippen LogP contribution in [0.1, 0.15) is 41.9 Å². The summed E-state index contributed by atoms with van der Waals surface area (Å²) in [5.41, 5.74) is 0.857. The summed E-state index contributed by atoms with van der Waals surface area (Å²) in [6, 6.07) is 1.70. The molecule has 0 aliphatic heterocycles. The van der Waals surface area contributed by atoms with E-state index in [2.05, 4.69) is 17.1 Å². The van der Waals surface area contributed by atoms with E-state index in [9.17, 15) is 4.79 Å². The normalized spacial score (nSPS) is 15.3. The molecule has 4 nitrogen and oxygen atoms in total. The highest BCUT2D eigenvalue weighted by molar-refractivity contribution is 5.93. The first-order chi connectivity index (χ1) is 7.70. The Hall–Kier alpha value is -1.84. The maximum Gasteiger partial charge on any atom is 0.277 e. The molecule has 0 bridgehead atoms. The molecule has 2 rings (SSSR count). The van der Waals surface area contributed by atoms with E-state index in [-0.39, 0.29) is 5.91 Å². The quantitative estimate of drug-likeness (QED) is 0.789. The predicted molar refractivity (Wildman–Crippen MR) is 59.9 cm³/mol. The first kappa shape index (κ1) is 10.7. The van der Waals surface area contributed by atoms with Crippen LogP contribution in [0.4, 0.5) is 0 Å². The van der Waals surface area contributed by atoms with Gasteiger partial charge < -0.3 is 9.84 Å². The van der Waals surface area contributed by atoms with Crippen molar-refractivity contribution >= 4 is 5.91 Å². The molecule has 1 amide bonds. The Balaban J connectivity index is 1.99. The van der Waals surface area contributed by atoms with Crippen LogP contribution in [0.2, 0.25) is 0 Å². The highest BCUT2D eigenvalue weighted by Crippen LogP contribution is 2.40. The third kappa shape index (κ3) is 2.39. The number of allylic oxidation sites excluding steroid dienone is 2. The summed E-state index contributed by atoms with van der Waals surface area (Å²) in [6.45, 7) is 5.55. The van der Waals surface area contributed by atoms with Crippen LogP contribution in [0.3, 0.4) is 0 Å². The molecule has 0 spiro atoms. The van der Waals surface area contributed by atoms with Crippen molar-refractivity contribution in [3.63, 3.8) is 0 Å². The minimum atomic E-state index is -0.279. The van der Waals surface area contributed by atoms with E-state index >= 15 is 0 Å². The maximum absolute atomic E-state index is 11.7. The first-order valence-electron chi connectivity index (χ1n) is 5.30. The first-order valence-corrected chi connectivity index (χ1v) is 5.30. The summed E-state index contributed by atoms with van der Waals surface area (Å²) in [5, 5.41) is 6.37. The number of nitrogens with one attached hydrogen (secondary N) is 1. The van der Waals surface area contributed by atoms with Crippen molar-refractivity contribution in [2.45, 2.75) is 25.7 Å². The molecule has 1 N–H and O–H groups in total. The second-order valence-corrected chi connectivity index (χ2v) is 3.87. The van der Waals surface area contributed by atoms with Crippen LogP contribution < -0.4 is 5.32 Å². The van der Waals surface area contributed by atoms with Gasteiger partial charge in [0.05, 0.1) is 0 Å². The summed E-state index contributed by atoms with van der Waals surface area (Å²) < 4.78 is 5.09. The van der Waals surface area contributed by atoms with Crippen LogP contribution in [0.25, 0.3) is 0 Å². The Labute approximate surface area is 94.0 Å². The summed E-state index contributed by atoms with van der Waals surface area (Å²) in [5.74, 6) is 0.994. The largest absolute Gasteiger partial charge is 0.360 e. The van der Waals surface area contributed by atoms with E-state index in [0.717, 1.165) is 18.6 Å². The number of hydrogen-bond donors (Lipinski definition) is 1. The highest BCUT2D eigenvalue weighted by Gasteiger charge is 2.28. The summed E-state index contributed by atoms with van der Waals surface area (Å²) >= 11 is 0. The third-order valence-electron chi connectivity index (χ3n) is 2.38. The number of rotatable bonds is 4. The summed E-state index contributed by atoms with van der Waals surface area (Å²) in [6.07, 6.45) is 5.78. The van der Waals surface area contributed by atoms with E-state index in [1.165, 1.54) is 0 Å². The van der Waals surface area contributed by atoms with Crippen LogP contribution in [0.5, 0.6) is 0 Å². The van der Waals surface area contributed by atoms with Gasteiger partial charge in [-0.2, -0.15) is 0 Å². The Morgan fingerprint density at radius 1 is 1.69 bits per heavy atom. The number of hydrogen-bond acceptors (Lipinski definition) is 3. The third-order valence-corrected chi connectivity index (χ3v) is 2.38. The van der Waals surface area contributed by atoms with Gasteiger partial charge in [-0.15, -0.1) is 0 Å². The predicted octanol–water partition coefficient (Wildman–Crippen LogP) is 2.37. The van der Waals surface area contributed by atoms with Crippen LogP contribution in [-0.4, -0.2) is 11.1 Å². The molecule has 1 aliphatic rings. The molecule has 84 valence electrons. The second kappa shape index (κ2) is 4.35. The van der Waals surface area contributed by atoms with Gasteiger partial charge in [-0.1, -0.05) is 17.8 Å². The lowest BCUT2D eigenvalue weighted by atomic mass is 10.2. The van der Waals surface area contributed by atoms with Crippen molar-refractivity contribution in [3.8, 4) is 0 Å². The van der Waals surface area contributed by atoms with Gasteiger partial charge >= 0.3 is 0 Å². The zero-order valence-electron chi connectivity index (χ0n) is 9.19. The number of carbonyl (C=O) groups is 1. The molecule has 1 aliphatic carbocycles. The standard InChI is InChI=1S/C12H14N2O2/c1-3-4-8(2)13-12(15)10-7-11(16-14-10)9-5-6-9/h3-4,7,9H,2,5-6H2,1H3,(H,13,15). The Bertz CT molecular complexity index is 442. The van der Waals surface area contributed by atoms with Crippen LogP contribution in [0.15, 0.2) is 35.0 Å². The molecule has 0 unspecified atom stereocenters. The molecule has 4 heteroatoms. The van der Waals surface area contributed by atoms with E-state index in [1.807, 2.05) is 6.92 Å². The fraction of sp³-hybridized carbons (Fsp3) is 0.333. The average Bonchev–Trinajstić information content (AvgIpc) is 2.96. The summed E-state index contributed by atoms with van der Waals surface area (Å²) in [4.78, 5) is 11.7. The van der Waals surface area contributed by atoms with Crippen molar-refractivity contribution < 1.29 is 9.32 Å². The molecular formula is C12H14N2O2.